The van der Waals surface area contributed by atoms with Gasteiger partial charge in [0, 0.05) is 36.5 Å². The zero-order valence-electron chi connectivity index (χ0n) is 13.0. The third-order valence-corrected chi connectivity index (χ3v) is 6.14. The summed E-state index contributed by atoms with van der Waals surface area (Å²) in [5, 5.41) is 7.57. The second-order valence-electron chi connectivity index (χ2n) is 6.16. The average Bonchev–Trinajstić information content (AvgIpc) is 2.88. The van der Waals surface area contributed by atoms with Crippen LogP contribution < -0.4 is 15.5 Å². The molecule has 0 radical (unpaired) electrons. The number of nitrogens with zero attached hydrogens (tertiary/aromatic N) is 2. The standard InChI is InChI=1S/C15H24N4OS/c1-9(16-3)14-10(2)17-15(21-14)19-7-6-12-11(8-19)4-5-13(20)18-12/h9,11-12,16H,4-8H2,1-3H3,(H,18,20). The number of carbonyl (C=O) groups excluding carboxylic acids is 1. The van der Waals surface area contributed by atoms with Gasteiger partial charge in [0.05, 0.1) is 5.69 Å². The van der Waals surface area contributed by atoms with E-state index in [1.165, 1.54) is 4.88 Å². The first-order valence-corrected chi connectivity index (χ1v) is 8.59. The van der Waals surface area contributed by atoms with E-state index in [-0.39, 0.29) is 5.91 Å². The highest BCUT2D eigenvalue weighted by atomic mass is 32.1. The highest BCUT2D eigenvalue weighted by Crippen LogP contribution is 2.34. The molecule has 0 bridgehead atoms. The number of hydrogen-bond acceptors (Lipinski definition) is 5. The van der Waals surface area contributed by atoms with Crippen molar-refractivity contribution in [2.75, 3.05) is 25.0 Å². The fraction of sp³-hybridized carbons (Fsp3) is 0.733. The molecule has 3 unspecified atom stereocenters. The van der Waals surface area contributed by atoms with Gasteiger partial charge in [0.15, 0.2) is 5.13 Å². The fourth-order valence-electron chi connectivity index (χ4n) is 3.35. The summed E-state index contributed by atoms with van der Waals surface area (Å²) in [6.07, 6.45) is 2.72. The summed E-state index contributed by atoms with van der Waals surface area (Å²) >= 11 is 1.80. The molecular weight excluding hydrogens is 284 g/mol. The van der Waals surface area contributed by atoms with E-state index in [1.54, 1.807) is 11.3 Å². The van der Waals surface area contributed by atoms with Crippen LogP contribution >= 0.6 is 11.3 Å². The van der Waals surface area contributed by atoms with Crippen molar-refractivity contribution < 1.29 is 4.79 Å². The number of fused-ring (bicyclic) bond motifs is 1. The van der Waals surface area contributed by atoms with Crippen molar-refractivity contribution in [2.24, 2.45) is 5.92 Å². The Labute approximate surface area is 130 Å². The molecule has 3 heterocycles. The number of carbonyl (C=O) groups is 1. The molecule has 1 aromatic heterocycles. The van der Waals surface area contributed by atoms with Gasteiger partial charge in [0.2, 0.25) is 5.91 Å². The Bertz CT molecular complexity index is 530. The lowest BCUT2D eigenvalue weighted by Crippen LogP contribution is -2.54. The van der Waals surface area contributed by atoms with Crippen LogP contribution in [-0.2, 0) is 4.79 Å². The molecule has 2 fully saturated rings. The molecule has 1 amide bonds. The molecular formula is C15H24N4OS. The summed E-state index contributed by atoms with van der Waals surface area (Å²) in [5.74, 6) is 0.797. The number of amides is 1. The minimum absolute atomic E-state index is 0.222. The quantitative estimate of drug-likeness (QED) is 0.894. The number of aryl methyl sites for hydroxylation is 1. The Hall–Kier alpha value is -1.14. The van der Waals surface area contributed by atoms with Crippen molar-refractivity contribution in [3.63, 3.8) is 0 Å². The van der Waals surface area contributed by atoms with Crippen molar-refractivity contribution in [3.05, 3.63) is 10.6 Å². The lowest BCUT2D eigenvalue weighted by atomic mass is 9.85. The molecule has 3 atom stereocenters. The van der Waals surface area contributed by atoms with Gasteiger partial charge < -0.3 is 15.5 Å². The lowest BCUT2D eigenvalue weighted by molar-refractivity contribution is -0.124. The maximum atomic E-state index is 11.5. The maximum absolute atomic E-state index is 11.5. The Balaban J connectivity index is 1.72. The first-order chi connectivity index (χ1) is 10.1. The van der Waals surface area contributed by atoms with Gasteiger partial charge in [0.1, 0.15) is 0 Å². The van der Waals surface area contributed by atoms with Crippen molar-refractivity contribution in [3.8, 4) is 0 Å². The predicted octanol–water partition coefficient (Wildman–Crippen LogP) is 1.84. The summed E-state index contributed by atoms with van der Waals surface area (Å²) in [4.78, 5) is 20.0. The van der Waals surface area contributed by atoms with Crippen LogP contribution in [0.5, 0.6) is 0 Å². The lowest BCUT2D eigenvalue weighted by Gasteiger charge is -2.41. The Morgan fingerprint density at radius 2 is 2.29 bits per heavy atom. The molecule has 21 heavy (non-hydrogen) atoms. The predicted molar refractivity (Wildman–Crippen MR) is 85.8 cm³/mol. The summed E-state index contributed by atoms with van der Waals surface area (Å²) in [6, 6.07) is 0.724. The number of aromatic nitrogens is 1. The summed E-state index contributed by atoms with van der Waals surface area (Å²) in [6.45, 7) is 6.27. The van der Waals surface area contributed by atoms with E-state index in [0.29, 0.717) is 24.4 Å². The number of anilines is 1. The van der Waals surface area contributed by atoms with Gasteiger partial charge in [-0.3, -0.25) is 4.79 Å². The molecule has 1 aromatic rings. The number of rotatable bonds is 3. The summed E-state index contributed by atoms with van der Waals surface area (Å²) in [5.41, 5.74) is 1.14. The van der Waals surface area contributed by atoms with E-state index >= 15 is 0 Å². The molecule has 6 heteroatoms. The second kappa shape index (κ2) is 5.93. The highest BCUT2D eigenvalue weighted by Gasteiger charge is 2.34. The molecule has 3 rings (SSSR count). The van der Waals surface area contributed by atoms with Gasteiger partial charge in [0.25, 0.3) is 0 Å². The van der Waals surface area contributed by atoms with E-state index in [9.17, 15) is 4.79 Å². The average molecular weight is 308 g/mol. The molecule has 116 valence electrons. The smallest absolute Gasteiger partial charge is 0.220 e. The third kappa shape index (κ3) is 2.92. The van der Waals surface area contributed by atoms with Crippen LogP contribution in [0.25, 0.3) is 0 Å². The third-order valence-electron chi connectivity index (χ3n) is 4.74. The Kier molecular flexibility index (Phi) is 4.17. The second-order valence-corrected chi connectivity index (χ2v) is 7.17. The first kappa shape index (κ1) is 14.8. The zero-order chi connectivity index (χ0) is 15.0. The maximum Gasteiger partial charge on any atom is 0.220 e. The summed E-state index contributed by atoms with van der Waals surface area (Å²) in [7, 11) is 1.99. The minimum Gasteiger partial charge on any atom is -0.353 e. The number of nitrogens with one attached hydrogen (secondary N) is 2. The van der Waals surface area contributed by atoms with Crippen LogP contribution in [-0.4, -0.2) is 37.1 Å². The van der Waals surface area contributed by atoms with Crippen molar-refractivity contribution >= 4 is 22.4 Å². The van der Waals surface area contributed by atoms with Crippen LogP contribution in [0.4, 0.5) is 5.13 Å². The topological polar surface area (TPSA) is 57.3 Å². The van der Waals surface area contributed by atoms with E-state index in [1.807, 2.05) is 7.05 Å². The van der Waals surface area contributed by atoms with Gasteiger partial charge in [-0.15, -0.1) is 11.3 Å². The van der Waals surface area contributed by atoms with E-state index in [4.69, 9.17) is 4.98 Å². The van der Waals surface area contributed by atoms with Crippen LogP contribution in [0.1, 0.15) is 42.8 Å². The van der Waals surface area contributed by atoms with Gasteiger partial charge >= 0.3 is 0 Å². The van der Waals surface area contributed by atoms with Crippen molar-refractivity contribution in [1.29, 1.82) is 0 Å². The van der Waals surface area contributed by atoms with Gasteiger partial charge in [-0.2, -0.15) is 0 Å². The molecule has 0 aromatic carbocycles. The molecule has 0 aliphatic carbocycles. The van der Waals surface area contributed by atoms with Crippen LogP contribution in [0, 0.1) is 12.8 Å². The normalized spacial score (nSPS) is 27.2. The van der Waals surface area contributed by atoms with E-state index < -0.39 is 0 Å². The van der Waals surface area contributed by atoms with E-state index in [0.717, 1.165) is 36.8 Å². The monoisotopic (exact) mass is 308 g/mol. The number of piperidine rings is 2. The van der Waals surface area contributed by atoms with Gasteiger partial charge in [-0.05, 0) is 39.7 Å². The molecule has 0 spiro atoms. The Morgan fingerprint density at radius 1 is 1.48 bits per heavy atom. The van der Waals surface area contributed by atoms with E-state index in [2.05, 4.69) is 29.4 Å². The molecule has 0 saturated carbocycles. The molecule has 2 aliphatic heterocycles. The minimum atomic E-state index is 0.222. The first-order valence-electron chi connectivity index (χ1n) is 7.77. The Morgan fingerprint density at radius 3 is 3.05 bits per heavy atom. The van der Waals surface area contributed by atoms with Crippen molar-refractivity contribution in [2.45, 2.75) is 45.2 Å². The van der Waals surface area contributed by atoms with Crippen molar-refractivity contribution in [1.82, 2.24) is 15.6 Å². The van der Waals surface area contributed by atoms with Crippen LogP contribution in [0.15, 0.2) is 0 Å². The molecule has 2 N–H and O–H groups in total. The summed E-state index contributed by atoms with van der Waals surface area (Å²) < 4.78 is 0. The van der Waals surface area contributed by atoms with Crippen LogP contribution in [0.2, 0.25) is 0 Å². The number of thiazole rings is 1. The fourth-order valence-corrected chi connectivity index (χ4v) is 4.51. The zero-order valence-corrected chi connectivity index (χ0v) is 13.8. The highest BCUT2D eigenvalue weighted by molar-refractivity contribution is 7.15. The van der Waals surface area contributed by atoms with Gasteiger partial charge in [-0.1, -0.05) is 0 Å². The molecule has 2 aliphatic rings. The van der Waals surface area contributed by atoms with Crippen LogP contribution in [0.3, 0.4) is 0 Å². The SMILES string of the molecule is CNC(C)c1sc(N2CCC3NC(=O)CCC3C2)nc1C. The van der Waals surface area contributed by atoms with Gasteiger partial charge in [-0.25, -0.2) is 4.98 Å². The molecule has 2 saturated heterocycles. The molecule has 5 nitrogen and oxygen atoms in total. The number of hydrogen-bond donors (Lipinski definition) is 2. The largest absolute Gasteiger partial charge is 0.353 e.